The third kappa shape index (κ3) is 2.29. The molecule has 20 heavy (non-hydrogen) atoms. The summed E-state index contributed by atoms with van der Waals surface area (Å²) in [4.78, 5) is 4.61. The summed E-state index contributed by atoms with van der Waals surface area (Å²) in [6, 6.07) is 10.6. The normalized spacial score (nSPS) is 17.0. The van der Waals surface area contributed by atoms with E-state index in [0.717, 1.165) is 25.1 Å². The van der Waals surface area contributed by atoms with Crippen LogP contribution in [0.4, 0.5) is 0 Å². The summed E-state index contributed by atoms with van der Waals surface area (Å²) in [5.74, 6) is 1.33. The molecule has 0 saturated carbocycles. The fourth-order valence-corrected chi connectivity index (χ4v) is 3.11. The van der Waals surface area contributed by atoms with Crippen molar-refractivity contribution in [3.05, 3.63) is 58.9 Å². The number of aromatic nitrogens is 1. The van der Waals surface area contributed by atoms with Crippen molar-refractivity contribution in [3.63, 3.8) is 0 Å². The number of nitrogens with zero attached hydrogens (tertiary/aromatic N) is 1. The molecule has 3 heteroatoms. The lowest BCUT2D eigenvalue weighted by Crippen LogP contribution is -2.10. The zero-order chi connectivity index (χ0) is 13.9. The molecule has 1 aromatic carbocycles. The minimum Gasteiger partial charge on any atom is -0.497 e. The smallest absolute Gasteiger partial charge is 0.119 e. The Morgan fingerprint density at radius 3 is 3.05 bits per heavy atom. The molecule has 3 rings (SSSR count). The molecule has 0 amide bonds. The first kappa shape index (κ1) is 13.1. The summed E-state index contributed by atoms with van der Waals surface area (Å²) in [6.07, 6.45) is 4.17. The Labute approximate surface area is 120 Å². The minimum atomic E-state index is 0.417. The molecule has 3 nitrogen and oxygen atoms in total. The molecule has 2 aromatic rings. The Kier molecular flexibility index (Phi) is 3.70. The maximum Gasteiger partial charge on any atom is 0.119 e. The summed E-state index contributed by atoms with van der Waals surface area (Å²) >= 11 is 0. The van der Waals surface area contributed by atoms with Gasteiger partial charge in [0.25, 0.3) is 0 Å². The summed E-state index contributed by atoms with van der Waals surface area (Å²) in [6.45, 7) is 0.852. The predicted octanol–water partition coefficient (Wildman–Crippen LogP) is 2.89. The topological polar surface area (TPSA) is 34.1 Å². The standard InChI is InChI=1S/C17H20N2O/c1-18-11-13-10-14(20-2)6-8-15(13)16-7-5-12-4-3-9-19-17(12)16/h3-4,6,8-10,16,18H,5,7,11H2,1-2H3. The van der Waals surface area contributed by atoms with Crippen LogP contribution in [-0.2, 0) is 13.0 Å². The first-order valence-corrected chi connectivity index (χ1v) is 7.08. The van der Waals surface area contributed by atoms with Crippen molar-refractivity contribution in [2.75, 3.05) is 14.2 Å². The molecule has 0 spiro atoms. The Hall–Kier alpha value is -1.87. The fourth-order valence-electron chi connectivity index (χ4n) is 3.11. The Morgan fingerprint density at radius 2 is 2.25 bits per heavy atom. The maximum absolute atomic E-state index is 5.34. The molecule has 1 aromatic heterocycles. The van der Waals surface area contributed by atoms with E-state index in [1.807, 2.05) is 19.3 Å². The third-order valence-corrected chi connectivity index (χ3v) is 4.05. The molecule has 1 atom stereocenters. The van der Waals surface area contributed by atoms with Gasteiger partial charge in [0.1, 0.15) is 5.75 Å². The Bertz CT molecular complexity index is 610. The fraction of sp³-hybridized carbons (Fsp3) is 0.353. The van der Waals surface area contributed by atoms with Crippen LogP contribution in [0, 0.1) is 0 Å². The van der Waals surface area contributed by atoms with Gasteiger partial charge in [0.15, 0.2) is 0 Å². The summed E-state index contributed by atoms with van der Waals surface area (Å²) in [5, 5.41) is 3.25. The van der Waals surface area contributed by atoms with E-state index in [2.05, 4.69) is 34.6 Å². The van der Waals surface area contributed by atoms with Gasteiger partial charge >= 0.3 is 0 Å². The lowest BCUT2D eigenvalue weighted by molar-refractivity contribution is 0.414. The molecule has 0 saturated heterocycles. The van der Waals surface area contributed by atoms with Crippen LogP contribution in [0.3, 0.4) is 0 Å². The number of ether oxygens (including phenoxy) is 1. The van der Waals surface area contributed by atoms with Gasteiger partial charge in [-0.05, 0) is 54.8 Å². The van der Waals surface area contributed by atoms with Crippen LogP contribution in [0.25, 0.3) is 0 Å². The number of pyridine rings is 1. The number of nitrogens with one attached hydrogen (secondary N) is 1. The molecule has 0 fully saturated rings. The van der Waals surface area contributed by atoms with E-state index in [1.54, 1.807) is 7.11 Å². The lowest BCUT2D eigenvalue weighted by atomic mass is 9.91. The van der Waals surface area contributed by atoms with E-state index in [4.69, 9.17) is 4.74 Å². The van der Waals surface area contributed by atoms with Crippen molar-refractivity contribution in [1.29, 1.82) is 0 Å². The molecular formula is C17H20N2O. The van der Waals surface area contributed by atoms with Crippen molar-refractivity contribution < 1.29 is 4.74 Å². The Balaban J connectivity index is 2.02. The second kappa shape index (κ2) is 5.63. The van der Waals surface area contributed by atoms with E-state index in [1.165, 1.54) is 22.4 Å². The highest BCUT2D eigenvalue weighted by Gasteiger charge is 2.26. The molecule has 104 valence electrons. The van der Waals surface area contributed by atoms with Gasteiger partial charge in [0, 0.05) is 18.7 Å². The van der Waals surface area contributed by atoms with E-state index >= 15 is 0 Å². The monoisotopic (exact) mass is 268 g/mol. The van der Waals surface area contributed by atoms with Gasteiger partial charge in [-0.25, -0.2) is 0 Å². The molecule has 1 N–H and O–H groups in total. The zero-order valence-corrected chi connectivity index (χ0v) is 12.0. The molecule has 1 unspecified atom stereocenters. The van der Waals surface area contributed by atoms with Crippen molar-refractivity contribution >= 4 is 0 Å². The largest absolute Gasteiger partial charge is 0.497 e. The third-order valence-electron chi connectivity index (χ3n) is 4.05. The van der Waals surface area contributed by atoms with Crippen molar-refractivity contribution in [1.82, 2.24) is 10.3 Å². The number of fused-ring (bicyclic) bond motifs is 1. The number of aryl methyl sites for hydroxylation is 1. The average Bonchev–Trinajstić information content (AvgIpc) is 2.91. The van der Waals surface area contributed by atoms with Gasteiger partial charge < -0.3 is 10.1 Å². The van der Waals surface area contributed by atoms with Gasteiger partial charge in [0.05, 0.1) is 12.8 Å². The number of hydrogen-bond acceptors (Lipinski definition) is 3. The molecule has 0 aliphatic heterocycles. The van der Waals surface area contributed by atoms with Crippen LogP contribution in [0.15, 0.2) is 36.5 Å². The van der Waals surface area contributed by atoms with E-state index in [0.29, 0.717) is 5.92 Å². The van der Waals surface area contributed by atoms with Gasteiger partial charge in [-0.15, -0.1) is 0 Å². The molecule has 1 aliphatic rings. The van der Waals surface area contributed by atoms with Crippen molar-refractivity contribution in [3.8, 4) is 5.75 Å². The van der Waals surface area contributed by atoms with Crippen LogP contribution in [0.2, 0.25) is 0 Å². The number of methoxy groups -OCH3 is 1. The number of benzene rings is 1. The highest BCUT2D eigenvalue weighted by atomic mass is 16.5. The number of hydrogen-bond donors (Lipinski definition) is 1. The molecule has 1 heterocycles. The molecule has 1 aliphatic carbocycles. The first-order valence-electron chi connectivity index (χ1n) is 7.08. The average molecular weight is 268 g/mol. The SMILES string of the molecule is CNCc1cc(OC)ccc1C1CCc2cccnc21. The second-order valence-electron chi connectivity index (χ2n) is 5.23. The molecule has 0 radical (unpaired) electrons. The van der Waals surface area contributed by atoms with Crippen LogP contribution >= 0.6 is 0 Å². The Morgan fingerprint density at radius 1 is 1.35 bits per heavy atom. The van der Waals surface area contributed by atoms with Crippen molar-refractivity contribution in [2.45, 2.75) is 25.3 Å². The second-order valence-corrected chi connectivity index (χ2v) is 5.23. The zero-order valence-electron chi connectivity index (χ0n) is 12.0. The highest BCUT2D eigenvalue weighted by Crippen LogP contribution is 2.38. The minimum absolute atomic E-state index is 0.417. The summed E-state index contributed by atoms with van der Waals surface area (Å²) in [7, 11) is 3.69. The van der Waals surface area contributed by atoms with Crippen LogP contribution in [0.1, 0.15) is 34.7 Å². The van der Waals surface area contributed by atoms with Gasteiger partial charge in [0.2, 0.25) is 0 Å². The quantitative estimate of drug-likeness (QED) is 0.926. The van der Waals surface area contributed by atoms with E-state index in [-0.39, 0.29) is 0 Å². The predicted molar refractivity (Wildman–Crippen MR) is 80.2 cm³/mol. The van der Waals surface area contributed by atoms with Crippen molar-refractivity contribution in [2.24, 2.45) is 0 Å². The van der Waals surface area contributed by atoms with Crippen LogP contribution in [0.5, 0.6) is 5.75 Å². The lowest BCUT2D eigenvalue weighted by Gasteiger charge is -2.17. The first-order chi connectivity index (χ1) is 9.83. The summed E-state index contributed by atoms with van der Waals surface area (Å²) < 4.78 is 5.34. The van der Waals surface area contributed by atoms with Crippen LogP contribution < -0.4 is 10.1 Å². The molecular weight excluding hydrogens is 248 g/mol. The van der Waals surface area contributed by atoms with Crippen LogP contribution in [-0.4, -0.2) is 19.1 Å². The van der Waals surface area contributed by atoms with Gasteiger partial charge in [-0.1, -0.05) is 12.1 Å². The van der Waals surface area contributed by atoms with E-state index < -0.39 is 0 Å². The molecule has 0 bridgehead atoms. The number of rotatable bonds is 4. The van der Waals surface area contributed by atoms with E-state index in [9.17, 15) is 0 Å². The van der Waals surface area contributed by atoms with Gasteiger partial charge in [-0.2, -0.15) is 0 Å². The summed E-state index contributed by atoms with van der Waals surface area (Å²) in [5.41, 5.74) is 5.31. The van der Waals surface area contributed by atoms with Gasteiger partial charge in [-0.3, -0.25) is 4.98 Å². The highest BCUT2D eigenvalue weighted by molar-refractivity contribution is 5.44. The maximum atomic E-state index is 5.34.